The van der Waals surface area contributed by atoms with Crippen LogP contribution in [0.2, 0.25) is 0 Å². The average molecular weight is 240 g/mol. The molecule has 0 bridgehead atoms. The average Bonchev–Trinajstić information content (AvgIpc) is 2.90. The molecule has 0 spiro atoms. The third kappa shape index (κ3) is 3.68. The first kappa shape index (κ1) is 12.8. The first-order valence-electron chi connectivity index (χ1n) is 6.88. The number of ether oxygens (including phenoxy) is 1. The van der Waals surface area contributed by atoms with Crippen molar-refractivity contribution in [1.29, 1.82) is 0 Å². The van der Waals surface area contributed by atoms with E-state index in [1.807, 2.05) is 0 Å². The third-order valence-electron chi connectivity index (χ3n) is 4.12. The molecule has 17 heavy (non-hydrogen) atoms. The van der Waals surface area contributed by atoms with Crippen LogP contribution in [0.3, 0.4) is 0 Å². The molecule has 1 heterocycles. The molecule has 2 fully saturated rings. The largest absolute Gasteiger partial charge is 0.449 e. The molecule has 1 aliphatic heterocycles. The molecule has 2 aliphatic rings. The van der Waals surface area contributed by atoms with Crippen LogP contribution in [-0.2, 0) is 9.53 Å². The molecule has 4 heteroatoms. The van der Waals surface area contributed by atoms with Gasteiger partial charge in [-0.05, 0) is 38.1 Å². The van der Waals surface area contributed by atoms with Gasteiger partial charge in [-0.3, -0.25) is 9.69 Å². The molecule has 0 aromatic rings. The number of nitrogens with two attached hydrogens (primary N) is 1. The Labute approximate surface area is 103 Å². The molecule has 0 aromatic carbocycles. The maximum atomic E-state index is 11.7. The Morgan fingerprint density at radius 3 is 2.41 bits per heavy atom. The molecule has 2 rings (SSSR count). The smallest absolute Gasteiger partial charge is 0.310 e. The van der Waals surface area contributed by atoms with Crippen LogP contribution in [0.5, 0.6) is 0 Å². The zero-order valence-electron chi connectivity index (χ0n) is 10.6. The lowest BCUT2D eigenvalue weighted by atomic mass is 9.98. The monoisotopic (exact) mass is 240 g/mol. The highest BCUT2D eigenvalue weighted by atomic mass is 16.5. The van der Waals surface area contributed by atoms with Crippen molar-refractivity contribution >= 4 is 5.97 Å². The van der Waals surface area contributed by atoms with Crippen molar-refractivity contribution in [3.05, 3.63) is 0 Å². The van der Waals surface area contributed by atoms with Gasteiger partial charge in [-0.1, -0.05) is 12.8 Å². The zero-order valence-corrected chi connectivity index (χ0v) is 10.6. The summed E-state index contributed by atoms with van der Waals surface area (Å²) in [6, 6.07) is 0. The van der Waals surface area contributed by atoms with Gasteiger partial charge in [0, 0.05) is 13.1 Å². The molecule has 1 saturated heterocycles. The highest BCUT2D eigenvalue weighted by Crippen LogP contribution is 2.26. The number of hydrogen-bond donors (Lipinski definition) is 1. The van der Waals surface area contributed by atoms with Crippen LogP contribution in [0.25, 0.3) is 0 Å². The van der Waals surface area contributed by atoms with Gasteiger partial charge in [0.2, 0.25) is 0 Å². The molecule has 0 amide bonds. The Balaban J connectivity index is 1.63. The van der Waals surface area contributed by atoms with E-state index in [4.69, 9.17) is 10.5 Å². The molecule has 0 aromatic heterocycles. The van der Waals surface area contributed by atoms with E-state index >= 15 is 0 Å². The molecule has 4 nitrogen and oxygen atoms in total. The van der Waals surface area contributed by atoms with Crippen molar-refractivity contribution in [3.8, 4) is 0 Å². The second kappa shape index (κ2) is 6.36. The predicted molar refractivity (Wildman–Crippen MR) is 66.3 cm³/mol. The summed E-state index contributed by atoms with van der Waals surface area (Å²) in [6.07, 6.45) is 6.68. The van der Waals surface area contributed by atoms with Gasteiger partial charge in [-0.15, -0.1) is 0 Å². The fourth-order valence-corrected chi connectivity index (χ4v) is 2.79. The van der Waals surface area contributed by atoms with E-state index in [1.165, 1.54) is 12.8 Å². The Kier molecular flexibility index (Phi) is 4.80. The van der Waals surface area contributed by atoms with E-state index < -0.39 is 0 Å². The SMILES string of the molecule is NCC1CCN(COC(=O)C2CCCC2)CC1. The van der Waals surface area contributed by atoms with E-state index in [0.29, 0.717) is 12.6 Å². The molecule has 0 radical (unpaired) electrons. The molecule has 98 valence electrons. The van der Waals surface area contributed by atoms with Crippen LogP contribution in [0, 0.1) is 11.8 Å². The summed E-state index contributed by atoms with van der Waals surface area (Å²) in [6.45, 7) is 3.29. The standard InChI is InChI=1S/C13H24N2O2/c14-9-11-5-7-15(8-6-11)10-17-13(16)12-3-1-2-4-12/h11-12H,1-10,14H2. The van der Waals surface area contributed by atoms with Crippen LogP contribution in [-0.4, -0.2) is 37.2 Å². The van der Waals surface area contributed by atoms with Gasteiger partial charge >= 0.3 is 5.97 Å². The van der Waals surface area contributed by atoms with E-state index in [9.17, 15) is 4.79 Å². The lowest BCUT2D eigenvalue weighted by Crippen LogP contribution is -2.38. The van der Waals surface area contributed by atoms with Gasteiger partial charge in [-0.2, -0.15) is 0 Å². The van der Waals surface area contributed by atoms with Gasteiger partial charge in [-0.25, -0.2) is 0 Å². The quantitative estimate of drug-likeness (QED) is 0.754. The van der Waals surface area contributed by atoms with E-state index in [-0.39, 0.29) is 11.9 Å². The minimum absolute atomic E-state index is 0.0171. The number of nitrogens with zero attached hydrogens (tertiary/aromatic N) is 1. The second-order valence-corrected chi connectivity index (χ2v) is 5.37. The summed E-state index contributed by atoms with van der Waals surface area (Å²) >= 11 is 0. The highest BCUT2D eigenvalue weighted by molar-refractivity contribution is 5.72. The van der Waals surface area contributed by atoms with Crippen molar-refractivity contribution in [1.82, 2.24) is 4.90 Å². The summed E-state index contributed by atoms with van der Waals surface area (Å²) < 4.78 is 5.39. The van der Waals surface area contributed by atoms with Gasteiger partial charge < -0.3 is 10.5 Å². The van der Waals surface area contributed by atoms with Crippen molar-refractivity contribution in [2.24, 2.45) is 17.6 Å². The zero-order chi connectivity index (χ0) is 12.1. The maximum Gasteiger partial charge on any atom is 0.310 e. The molecule has 0 unspecified atom stereocenters. The first-order chi connectivity index (χ1) is 8.29. The lowest BCUT2D eigenvalue weighted by molar-refractivity contribution is -0.153. The maximum absolute atomic E-state index is 11.7. The molecular weight excluding hydrogens is 216 g/mol. The van der Waals surface area contributed by atoms with Crippen LogP contribution in [0.15, 0.2) is 0 Å². The number of hydrogen-bond acceptors (Lipinski definition) is 4. The van der Waals surface area contributed by atoms with Crippen LogP contribution in [0.1, 0.15) is 38.5 Å². The second-order valence-electron chi connectivity index (χ2n) is 5.37. The van der Waals surface area contributed by atoms with Crippen molar-refractivity contribution in [3.63, 3.8) is 0 Å². The summed E-state index contributed by atoms with van der Waals surface area (Å²) in [4.78, 5) is 14.0. The fourth-order valence-electron chi connectivity index (χ4n) is 2.79. The minimum Gasteiger partial charge on any atom is -0.449 e. The number of carbonyl (C=O) groups is 1. The Bertz CT molecular complexity index is 244. The van der Waals surface area contributed by atoms with E-state index in [2.05, 4.69) is 4.90 Å². The minimum atomic E-state index is 0.0171. The van der Waals surface area contributed by atoms with Gasteiger partial charge in [0.1, 0.15) is 6.73 Å². The molecule has 1 saturated carbocycles. The van der Waals surface area contributed by atoms with Gasteiger partial charge in [0.15, 0.2) is 0 Å². The normalized spacial score (nSPS) is 24.1. The Morgan fingerprint density at radius 1 is 1.18 bits per heavy atom. The first-order valence-corrected chi connectivity index (χ1v) is 6.88. The number of piperidine rings is 1. The number of likely N-dealkylation sites (tertiary alicyclic amines) is 1. The highest BCUT2D eigenvalue weighted by Gasteiger charge is 2.25. The van der Waals surface area contributed by atoms with Crippen molar-refractivity contribution in [2.75, 3.05) is 26.4 Å². The van der Waals surface area contributed by atoms with Gasteiger partial charge in [0.25, 0.3) is 0 Å². The topological polar surface area (TPSA) is 55.6 Å². The summed E-state index contributed by atoms with van der Waals surface area (Å²) in [5, 5.41) is 0. The molecular formula is C13H24N2O2. The van der Waals surface area contributed by atoms with Crippen molar-refractivity contribution < 1.29 is 9.53 Å². The van der Waals surface area contributed by atoms with E-state index in [0.717, 1.165) is 45.3 Å². The number of rotatable bonds is 4. The molecule has 1 aliphatic carbocycles. The summed E-state index contributed by atoms with van der Waals surface area (Å²) in [5.41, 5.74) is 5.65. The van der Waals surface area contributed by atoms with Crippen LogP contribution >= 0.6 is 0 Å². The number of esters is 1. The van der Waals surface area contributed by atoms with E-state index in [1.54, 1.807) is 0 Å². The van der Waals surface area contributed by atoms with Crippen molar-refractivity contribution in [2.45, 2.75) is 38.5 Å². The number of carbonyl (C=O) groups excluding carboxylic acids is 1. The lowest BCUT2D eigenvalue weighted by Gasteiger charge is -2.30. The molecule has 0 atom stereocenters. The predicted octanol–water partition coefficient (Wildman–Crippen LogP) is 1.35. The summed E-state index contributed by atoms with van der Waals surface area (Å²) in [5.74, 6) is 0.858. The van der Waals surface area contributed by atoms with Crippen LogP contribution in [0.4, 0.5) is 0 Å². The third-order valence-corrected chi connectivity index (χ3v) is 4.12. The fraction of sp³-hybridized carbons (Fsp3) is 0.923. The summed E-state index contributed by atoms with van der Waals surface area (Å²) in [7, 11) is 0. The Hall–Kier alpha value is -0.610. The van der Waals surface area contributed by atoms with Gasteiger partial charge in [0.05, 0.1) is 5.92 Å². The molecule has 2 N–H and O–H groups in total. The van der Waals surface area contributed by atoms with Crippen LogP contribution < -0.4 is 5.73 Å². The Morgan fingerprint density at radius 2 is 1.82 bits per heavy atom.